The highest BCUT2D eigenvalue weighted by molar-refractivity contribution is 7.10. The number of hydrogen-bond donors (Lipinski definition) is 2. The summed E-state index contributed by atoms with van der Waals surface area (Å²) >= 11 is 1.60. The molecule has 3 aromatic rings. The molecule has 2 unspecified atom stereocenters. The number of hydrogen-bond acceptors (Lipinski definition) is 4. The highest BCUT2D eigenvalue weighted by Gasteiger charge is 2.48. The van der Waals surface area contributed by atoms with Crippen LogP contribution in [0.3, 0.4) is 0 Å². The third-order valence-electron chi connectivity index (χ3n) is 5.17. The Morgan fingerprint density at radius 3 is 2.56 bits per heavy atom. The summed E-state index contributed by atoms with van der Waals surface area (Å²) in [5.41, 5.74) is 10.4. The van der Waals surface area contributed by atoms with Gasteiger partial charge in [0, 0.05) is 16.0 Å². The van der Waals surface area contributed by atoms with E-state index in [1.807, 2.05) is 29.6 Å². The average Bonchev–Trinajstić information content (AvgIpc) is 3.28. The van der Waals surface area contributed by atoms with Crippen molar-refractivity contribution < 1.29 is 14.6 Å². The van der Waals surface area contributed by atoms with E-state index >= 15 is 0 Å². The number of thiophene rings is 1. The van der Waals surface area contributed by atoms with E-state index in [0.717, 1.165) is 32.7 Å². The molecule has 1 heterocycles. The molecule has 4 rings (SSSR count). The van der Waals surface area contributed by atoms with Crippen LogP contribution in [0, 0.1) is 6.92 Å². The molecule has 1 aliphatic rings. The molecule has 0 aliphatic heterocycles. The second kappa shape index (κ2) is 6.60. The molecule has 0 saturated heterocycles. The van der Waals surface area contributed by atoms with Crippen LogP contribution < -0.4 is 5.73 Å². The number of aliphatic carboxylic acids is 1. The van der Waals surface area contributed by atoms with Crippen molar-refractivity contribution in [2.45, 2.75) is 31.6 Å². The first kappa shape index (κ1) is 17.9. The summed E-state index contributed by atoms with van der Waals surface area (Å²) in [5, 5.41) is 11.4. The van der Waals surface area contributed by atoms with Crippen molar-refractivity contribution in [3.63, 3.8) is 0 Å². The maximum Gasteiger partial charge on any atom is 0.323 e. The van der Waals surface area contributed by atoms with Gasteiger partial charge in [0.2, 0.25) is 0 Å². The Bertz CT molecular complexity index is 999. The standard InChI is InChI=1S/C22H21NO3S/c1-13-9-10-16-15-6-3-4-7-17(15)22(18(16)12-13,19-8-5-11-27-19)26-14(2)20(23)21(24)25/h3-12,14,20H,23H2,1-2H3,(H,24,25)/t14?,20-,22?/m0/s1. The first-order valence-electron chi connectivity index (χ1n) is 8.86. The average molecular weight is 379 g/mol. The lowest BCUT2D eigenvalue weighted by Crippen LogP contribution is -2.46. The molecule has 2 aromatic carbocycles. The maximum absolute atomic E-state index is 11.4. The molecule has 0 spiro atoms. The van der Waals surface area contributed by atoms with Crippen molar-refractivity contribution in [1.82, 2.24) is 0 Å². The zero-order valence-electron chi connectivity index (χ0n) is 15.2. The number of carboxylic acid groups (broad SMARTS) is 1. The molecule has 0 amide bonds. The fourth-order valence-electron chi connectivity index (χ4n) is 3.84. The predicted molar refractivity (Wildman–Crippen MR) is 107 cm³/mol. The van der Waals surface area contributed by atoms with Crippen molar-refractivity contribution in [1.29, 1.82) is 0 Å². The Labute approximate surface area is 162 Å². The van der Waals surface area contributed by atoms with Gasteiger partial charge in [-0.05, 0) is 36.4 Å². The minimum Gasteiger partial charge on any atom is -0.480 e. The summed E-state index contributed by atoms with van der Waals surface area (Å²) in [6, 6.07) is 17.4. The third-order valence-corrected chi connectivity index (χ3v) is 6.14. The summed E-state index contributed by atoms with van der Waals surface area (Å²) < 4.78 is 6.58. The summed E-state index contributed by atoms with van der Waals surface area (Å²) in [5.74, 6) is -1.07. The molecule has 5 heteroatoms. The molecule has 1 aromatic heterocycles. The van der Waals surface area contributed by atoms with Crippen LogP contribution in [-0.4, -0.2) is 23.2 Å². The summed E-state index contributed by atoms with van der Waals surface area (Å²) in [6.07, 6.45) is -0.677. The van der Waals surface area contributed by atoms with Gasteiger partial charge in [0.25, 0.3) is 0 Å². The van der Waals surface area contributed by atoms with E-state index in [2.05, 4.69) is 37.3 Å². The summed E-state index contributed by atoms with van der Waals surface area (Å²) in [4.78, 5) is 12.5. The Hall–Kier alpha value is -2.47. The largest absolute Gasteiger partial charge is 0.480 e. The predicted octanol–water partition coefficient (Wildman–Crippen LogP) is 4.15. The number of aryl methyl sites for hydroxylation is 1. The Morgan fingerprint density at radius 2 is 1.85 bits per heavy atom. The number of ether oxygens (including phenoxy) is 1. The highest BCUT2D eigenvalue weighted by atomic mass is 32.1. The minimum atomic E-state index is -1.11. The van der Waals surface area contributed by atoms with Crippen LogP contribution >= 0.6 is 11.3 Å². The van der Waals surface area contributed by atoms with Crippen molar-refractivity contribution in [3.05, 3.63) is 81.5 Å². The van der Waals surface area contributed by atoms with Crippen molar-refractivity contribution in [2.75, 3.05) is 0 Å². The van der Waals surface area contributed by atoms with Crippen molar-refractivity contribution >= 4 is 17.3 Å². The van der Waals surface area contributed by atoms with Gasteiger partial charge in [0.1, 0.15) is 6.04 Å². The van der Waals surface area contributed by atoms with E-state index in [1.165, 1.54) is 0 Å². The number of carbonyl (C=O) groups is 1. The molecule has 0 fully saturated rings. The smallest absolute Gasteiger partial charge is 0.323 e. The van der Waals surface area contributed by atoms with Crippen molar-refractivity contribution in [2.24, 2.45) is 5.73 Å². The number of fused-ring (bicyclic) bond motifs is 3. The normalized spacial score (nSPS) is 20.0. The van der Waals surface area contributed by atoms with Crippen molar-refractivity contribution in [3.8, 4) is 11.1 Å². The Morgan fingerprint density at radius 1 is 1.11 bits per heavy atom. The Balaban J connectivity index is 1.99. The second-order valence-corrected chi connectivity index (χ2v) is 7.89. The SMILES string of the molecule is Cc1ccc2c(c1)C(OC(C)[C@H](N)C(=O)O)(c1cccs1)c1ccccc1-2. The van der Waals surface area contributed by atoms with E-state index < -0.39 is 23.7 Å². The summed E-state index contributed by atoms with van der Waals surface area (Å²) in [7, 11) is 0. The van der Waals surface area contributed by atoms with Crippen LogP contribution in [0.1, 0.15) is 28.5 Å². The van der Waals surface area contributed by atoms with Gasteiger partial charge in [-0.2, -0.15) is 0 Å². The molecular formula is C22H21NO3S. The number of rotatable bonds is 5. The van der Waals surface area contributed by atoms with E-state index in [9.17, 15) is 9.90 Å². The van der Waals surface area contributed by atoms with Gasteiger partial charge in [-0.1, -0.05) is 54.1 Å². The molecule has 3 N–H and O–H groups in total. The van der Waals surface area contributed by atoms with Gasteiger partial charge in [0.15, 0.2) is 5.60 Å². The van der Waals surface area contributed by atoms with E-state index in [4.69, 9.17) is 10.5 Å². The maximum atomic E-state index is 11.4. The number of benzene rings is 2. The van der Waals surface area contributed by atoms with E-state index in [0.29, 0.717) is 0 Å². The van der Waals surface area contributed by atoms with Crippen LogP contribution in [-0.2, 0) is 15.1 Å². The molecule has 4 nitrogen and oxygen atoms in total. The molecular weight excluding hydrogens is 358 g/mol. The number of nitrogens with two attached hydrogens (primary N) is 1. The van der Waals surface area contributed by atoms with Gasteiger partial charge < -0.3 is 15.6 Å². The van der Waals surface area contributed by atoms with Gasteiger partial charge >= 0.3 is 5.97 Å². The van der Waals surface area contributed by atoms with Crippen LogP contribution in [0.4, 0.5) is 0 Å². The second-order valence-electron chi connectivity index (χ2n) is 6.94. The minimum absolute atomic E-state index is 0.677. The third kappa shape index (κ3) is 2.70. The zero-order valence-corrected chi connectivity index (χ0v) is 16.0. The lowest BCUT2D eigenvalue weighted by molar-refractivity contribution is -0.144. The van der Waals surface area contributed by atoms with Crippen LogP contribution in [0.15, 0.2) is 60.0 Å². The molecule has 0 radical (unpaired) electrons. The van der Waals surface area contributed by atoms with Gasteiger partial charge in [0.05, 0.1) is 6.10 Å². The highest BCUT2D eigenvalue weighted by Crippen LogP contribution is 2.54. The summed E-state index contributed by atoms with van der Waals surface area (Å²) in [6.45, 7) is 3.78. The molecule has 1 aliphatic carbocycles. The van der Waals surface area contributed by atoms with E-state index in [1.54, 1.807) is 18.3 Å². The monoisotopic (exact) mass is 379 g/mol. The van der Waals surface area contributed by atoms with Gasteiger partial charge in [-0.25, -0.2) is 0 Å². The lowest BCUT2D eigenvalue weighted by Gasteiger charge is -2.35. The fraction of sp³-hybridized carbons (Fsp3) is 0.227. The first-order valence-corrected chi connectivity index (χ1v) is 9.74. The van der Waals surface area contributed by atoms with Crippen LogP contribution in [0.25, 0.3) is 11.1 Å². The number of carboxylic acids is 1. The van der Waals surface area contributed by atoms with Gasteiger partial charge in [-0.15, -0.1) is 11.3 Å². The molecule has 27 heavy (non-hydrogen) atoms. The van der Waals surface area contributed by atoms with Crippen LogP contribution in [0.2, 0.25) is 0 Å². The van der Waals surface area contributed by atoms with Gasteiger partial charge in [-0.3, -0.25) is 4.79 Å². The quantitative estimate of drug-likeness (QED) is 0.699. The van der Waals surface area contributed by atoms with E-state index in [-0.39, 0.29) is 0 Å². The lowest BCUT2D eigenvalue weighted by atomic mass is 9.88. The fourth-order valence-corrected chi connectivity index (χ4v) is 4.73. The Kier molecular flexibility index (Phi) is 4.38. The first-order chi connectivity index (χ1) is 12.9. The van der Waals surface area contributed by atoms with Crippen LogP contribution in [0.5, 0.6) is 0 Å². The molecule has 3 atom stereocenters. The topological polar surface area (TPSA) is 72.5 Å². The molecule has 0 bridgehead atoms. The molecule has 0 saturated carbocycles. The zero-order chi connectivity index (χ0) is 19.2. The molecule has 138 valence electrons.